The van der Waals surface area contributed by atoms with Crippen molar-refractivity contribution in [3.8, 4) is 5.75 Å². The van der Waals surface area contributed by atoms with E-state index in [9.17, 15) is 29.4 Å². The topological polar surface area (TPSA) is 104 Å². The largest absolute Gasteiger partial charge is 0.488 e. The lowest BCUT2D eigenvalue weighted by Crippen LogP contribution is -2.10. The lowest BCUT2D eigenvalue weighted by Gasteiger charge is -2.10. The minimum atomic E-state index is -5.48. The van der Waals surface area contributed by atoms with Crippen molar-refractivity contribution in [2.24, 2.45) is 0 Å². The number of benzene rings is 1. The number of rotatable bonds is 4. The molecular formula is C9H8F2O7S2. The van der Waals surface area contributed by atoms with Gasteiger partial charge in [0.05, 0.1) is 12.7 Å². The summed E-state index contributed by atoms with van der Waals surface area (Å²) < 4.78 is 76.1. The SMILES string of the molecule is COC(=O)c1cc(S(=O)(=O)F)cc(OS(=O)(=O)F)c1C. The molecule has 0 radical (unpaired) electrons. The molecule has 0 unspecified atom stereocenters. The highest BCUT2D eigenvalue weighted by molar-refractivity contribution is 7.86. The van der Waals surface area contributed by atoms with Gasteiger partial charge in [0.15, 0.2) is 0 Å². The van der Waals surface area contributed by atoms with Crippen molar-refractivity contribution in [1.29, 1.82) is 0 Å². The summed E-state index contributed by atoms with van der Waals surface area (Å²) in [6.07, 6.45) is 0. The molecule has 0 amide bonds. The molecule has 0 aliphatic heterocycles. The Morgan fingerprint density at radius 1 is 1.15 bits per heavy atom. The standard InChI is InChI=1S/C9H8F2O7S2/c1-5-7(9(12)17-2)3-6(19(10,13)14)4-8(5)18-20(11,15)16/h3-4H,1-2H3. The second-order valence-electron chi connectivity index (χ2n) is 3.50. The monoisotopic (exact) mass is 330 g/mol. The van der Waals surface area contributed by atoms with E-state index in [1.807, 2.05) is 0 Å². The molecule has 0 bridgehead atoms. The number of halogens is 2. The average molecular weight is 330 g/mol. The number of esters is 1. The molecule has 0 aliphatic carbocycles. The van der Waals surface area contributed by atoms with E-state index in [4.69, 9.17) is 0 Å². The van der Waals surface area contributed by atoms with Crippen molar-refractivity contribution in [2.45, 2.75) is 11.8 Å². The second kappa shape index (κ2) is 5.32. The van der Waals surface area contributed by atoms with E-state index >= 15 is 0 Å². The van der Waals surface area contributed by atoms with Crippen LogP contribution in [0.15, 0.2) is 17.0 Å². The van der Waals surface area contributed by atoms with Crippen molar-refractivity contribution >= 4 is 26.7 Å². The van der Waals surface area contributed by atoms with Gasteiger partial charge in [0.1, 0.15) is 10.6 Å². The average Bonchev–Trinajstić information content (AvgIpc) is 2.27. The third-order valence-corrected chi connectivity index (χ3v) is 3.39. The number of hydrogen-bond acceptors (Lipinski definition) is 7. The maximum atomic E-state index is 12.9. The molecule has 20 heavy (non-hydrogen) atoms. The minimum absolute atomic E-state index is 0.231. The van der Waals surface area contributed by atoms with Crippen LogP contribution in [0.4, 0.5) is 7.77 Å². The summed E-state index contributed by atoms with van der Waals surface area (Å²) in [6, 6.07) is 1.06. The lowest BCUT2D eigenvalue weighted by molar-refractivity contribution is 0.0599. The number of ether oxygens (including phenoxy) is 1. The van der Waals surface area contributed by atoms with Crippen LogP contribution in [-0.2, 0) is 25.5 Å². The Labute approximate surface area is 113 Å². The predicted octanol–water partition coefficient (Wildman–Crippen LogP) is 1.03. The molecule has 0 spiro atoms. The Morgan fingerprint density at radius 3 is 2.10 bits per heavy atom. The van der Waals surface area contributed by atoms with Gasteiger partial charge in [-0.3, -0.25) is 0 Å². The van der Waals surface area contributed by atoms with Crippen LogP contribution in [0.2, 0.25) is 0 Å². The highest BCUT2D eigenvalue weighted by Gasteiger charge is 2.24. The molecule has 1 aromatic carbocycles. The molecule has 0 N–H and O–H groups in total. The molecule has 0 saturated heterocycles. The smallest absolute Gasteiger partial charge is 0.465 e. The zero-order valence-electron chi connectivity index (χ0n) is 10.1. The van der Waals surface area contributed by atoms with E-state index in [2.05, 4.69) is 8.92 Å². The Hall–Kier alpha value is -1.75. The number of methoxy groups -OCH3 is 1. The molecule has 11 heteroatoms. The summed E-state index contributed by atoms with van der Waals surface area (Å²) in [5.74, 6) is -1.92. The van der Waals surface area contributed by atoms with E-state index in [0.717, 1.165) is 14.0 Å². The predicted molar refractivity (Wildman–Crippen MR) is 61.5 cm³/mol. The molecule has 1 rings (SSSR count). The number of carbonyl (C=O) groups is 1. The summed E-state index contributed by atoms with van der Waals surface area (Å²) in [7, 11) is -9.78. The highest BCUT2D eigenvalue weighted by Crippen LogP contribution is 2.29. The second-order valence-corrected chi connectivity index (χ2v) is 5.80. The highest BCUT2D eigenvalue weighted by atomic mass is 32.3. The van der Waals surface area contributed by atoms with Crippen molar-refractivity contribution in [1.82, 2.24) is 0 Å². The van der Waals surface area contributed by atoms with Gasteiger partial charge in [-0.1, -0.05) is 3.89 Å². The van der Waals surface area contributed by atoms with Crippen molar-refractivity contribution in [3.05, 3.63) is 23.3 Å². The van der Waals surface area contributed by atoms with Gasteiger partial charge in [-0.25, -0.2) is 4.79 Å². The summed E-state index contributed by atoms with van der Waals surface area (Å²) >= 11 is 0. The Bertz CT molecular complexity index is 753. The Morgan fingerprint density at radius 2 is 1.70 bits per heavy atom. The van der Waals surface area contributed by atoms with Gasteiger partial charge in [-0.15, -0.1) is 3.89 Å². The first kappa shape index (κ1) is 16.3. The van der Waals surface area contributed by atoms with E-state index in [-0.39, 0.29) is 5.56 Å². The first-order valence-electron chi connectivity index (χ1n) is 4.77. The zero-order valence-corrected chi connectivity index (χ0v) is 11.7. The Kier molecular flexibility index (Phi) is 4.34. The molecule has 0 fully saturated rings. The third kappa shape index (κ3) is 3.87. The first-order valence-corrected chi connectivity index (χ1v) is 7.46. The maximum Gasteiger partial charge on any atom is 0.488 e. The van der Waals surface area contributed by atoms with Crippen LogP contribution in [0.25, 0.3) is 0 Å². The van der Waals surface area contributed by atoms with Crippen LogP contribution in [0, 0.1) is 6.92 Å². The lowest BCUT2D eigenvalue weighted by atomic mass is 10.1. The molecule has 0 heterocycles. The molecule has 0 aromatic heterocycles. The van der Waals surface area contributed by atoms with Crippen LogP contribution in [0.5, 0.6) is 5.75 Å². The van der Waals surface area contributed by atoms with E-state index < -0.39 is 42.9 Å². The molecule has 0 saturated carbocycles. The zero-order chi connectivity index (χ0) is 15.7. The van der Waals surface area contributed by atoms with E-state index in [1.165, 1.54) is 0 Å². The number of hydrogen-bond donors (Lipinski definition) is 0. The van der Waals surface area contributed by atoms with Crippen LogP contribution in [-0.4, -0.2) is 29.9 Å². The molecular weight excluding hydrogens is 322 g/mol. The fourth-order valence-corrected chi connectivity index (χ4v) is 2.21. The normalized spacial score (nSPS) is 12.0. The molecule has 0 aliphatic rings. The van der Waals surface area contributed by atoms with Crippen molar-refractivity contribution in [3.63, 3.8) is 0 Å². The summed E-state index contributed by atoms with van der Waals surface area (Å²) in [4.78, 5) is 10.3. The van der Waals surface area contributed by atoms with Gasteiger partial charge in [0, 0.05) is 11.6 Å². The molecule has 1 aromatic rings. The quantitative estimate of drug-likeness (QED) is 0.600. The van der Waals surface area contributed by atoms with Crippen LogP contribution in [0.1, 0.15) is 15.9 Å². The minimum Gasteiger partial charge on any atom is -0.465 e. The van der Waals surface area contributed by atoms with Gasteiger partial charge in [0.2, 0.25) is 0 Å². The van der Waals surface area contributed by atoms with Crippen LogP contribution in [0.3, 0.4) is 0 Å². The van der Waals surface area contributed by atoms with Gasteiger partial charge in [0.25, 0.3) is 0 Å². The fraction of sp³-hybridized carbons (Fsp3) is 0.222. The molecule has 7 nitrogen and oxygen atoms in total. The van der Waals surface area contributed by atoms with Crippen LogP contribution >= 0.6 is 0 Å². The van der Waals surface area contributed by atoms with E-state index in [1.54, 1.807) is 0 Å². The van der Waals surface area contributed by atoms with Gasteiger partial charge >= 0.3 is 26.7 Å². The van der Waals surface area contributed by atoms with Crippen molar-refractivity contribution < 1.29 is 38.3 Å². The van der Waals surface area contributed by atoms with Gasteiger partial charge in [-0.2, -0.15) is 16.8 Å². The summed E-state index contributed by atoms with van der Waals surface area (Å²) in [5.41, 5.74) is -0.713. The number of carbonyl (C=O) groups excluding carboxylic acids is 1. The van der Waals surface area contributed by atoms with Crippen LogP contribution < -0.4 is 4.18 Å². The van der Waals surface area contributed by atoms with Crippen molar-refractivity contribution in [2.75, 3.05) is 7.11 Å². The first-order chi connectivity index (χ1) is 8.95. The molecule has 112 valence electrons. The Balaban J connectivity index is 3.63. The van der Waals surface area contributed by atoms with Gasteiger partial charge < -0.3 is 8.92 Å². The molecule has 0 atom stereocenters. The van der Waals surface area contributed by atoms with Gasteiger partial charge in [-0.05, 0) is 13.0 Å². The fourth-order valence-electron chi connectivity index (χ4n) is 1.32. The van der Waals surface area contributed by atoms with E-state index in [0.29, 0.717) is 12.1 Å². The summed E-state index contributed by atoms with van der Waals surface area (Å²) in [6.45, 7) is 1.14. The maximum absolute atomic E-state index is 12.9. The third-order valence-electron chi connectivity index (χ3n) is 2.21. The summed E-state index contributed by atoms with van der Waals surface area (Å²) in [5, 5.41) is 0.